The average Bonchev–Trinajstić information content (AvgIpc) is 2.72. The summed E-state index contributed by atoms with van der Waals surface area (Å²) >= 11 is 0. The highest BCUT2D eigenvalue weighted by Crippen LogP contribution is 2.27. The molecular weight excluding hydrogens is 282 g/mol. The maximum atomic E-state index is 12.2. The number of carbonyl (C=O) groups is 1. The van der Waals surface area contributed by atoms with E-state index in [9.17, 15) is 24.6 Å². The predicted octanol–water partition coefficient (Wildman–Crippen LogP) is -2.48. The van der Waals surface area contributed by atoms with Crippen LogP contribution in [0.5, 0.6) is 0 Å². The van der Waals surface area contributed by atoms with E-state index >= 15 is 0 Å². The first kappa shape index (κ1) is 15.4. The molecule has 0 bridgehead atoms. The lowest BCUT2D eigenvalue weighted by molar-refractivity contribution is -0.134. The molecule has 4 N–H and O–H groups in total. The zero-order valence-corrected chi connectivity index (χ0v) is 11.4. The number of aliphatic hydroxyl groups is 2. The molecule has 2 rings (SSSR count). The van der Waals surface area contributed by atoms with E-state index in [-0.39, 0.29) is 6.54 Å². The first-order chi connectivity index (χ1) is 9.88. The summed E-state index contributed by atoms with van der Waals surface area (Å²) in [6.45, 7) is 2.01. The van der Waals surface area contributed by atoms with Gasteiger partial charge in [0.25, 0.3) is 5.56 Å². The van der Waals surface area contributed by atoms with Gasteiger partial charge in [0.1, 0.15) is 12.2 Å². The summed E-state index contributed by atoms with van der Waals surface area (Å²) in [4.78, 5) is 35.0. The van der Waals surface area contributed by atoms with Gasteiger partial charge >= 0.3 is 5.69 Å². The highest BCUT2D eigenvalue weighted by Gasteiger charge is 2.46. The molecule has 1 amide bonds. The molecule has 0 aliphatic carbocycles. The van der Waals surface area contributed by atoms with Gasteiger partial charge in [0.15, 0.2) is 12.3 Å². The SMILES string of the molecule is CCCn1c(=O)ccn([C@@H]2O[C@H](C(N)=O)[C@@H](O)[C@H]2O)c1=O. The Labute approximate surface area is 119 Å². The number of carbonyl (C=O) groups excluding carboxylic acids is 1. The van der Waals surface area contributed by atoms with Gasteiger partial charge in [-0.3, -0.25) is 18.7 Å². The van der Waals surface area contributed by atoms with Crippen molar-refractivity contribution in [3.63, 3.8) is 0 Å². The van der Waals surface area contributed by atoms with E-state index in [4.69, 9.17) is 10.5 Å². The lowest BCUT2D eigenvalue weighted by Crippen LogP contribution is -2.43. The normalized spacial score (nSPS) is 28.7. The third-order valence-electron chi connectivity index (χ3n) is 3.34. The minimum Gasteiger partial charge on any atom is -0.387 e. The first-order valence-electron chi connectivity index (χ1n) is 6.51. The number of hydrogen-bond donors (Lipinski definition) is 3. The molecule has 1 aliphatic heterocycles. The van der Waals surface area contributed by atoms with Crippen LogP contribution in [0.1, 0.15) is 19.6 Å². The number of nitrogens with two attached hydrogens (primary N) is 1. The van der Waals surface area contributed by atoms with Gasteiger partial charge in [0.05, 0.1) is 0 Å². The molecule has 1 fully saturated rings. The molecule has 1 saturated heterocycles. The van der Waals surface area contributed by atoms with Crippen LogP contribution in [0.25, 0.3) is 0 Å². The second-order valence-electron chi connectivity index (χ2n) is 4.83. The third-order valence-corrected chi connectivity index (χ3v) is 3.34. The van der Waals surface area contributed by atoms with E-state index in [1.54, 1.807) is 6.92 Å². The van der Waals surface area contributed by atoms with Crippen LogP contribution in [0, 0.1) is 0 Å². The maximum Gasteiger partial charge on any atom is 0.333 e. The summed E-state index contributed by atoms with van der Waals surface area (Å²) in [5.41, 5.74) is 3.89. The van der Waals surface area contributed by atoms with Crippen LogP contribution in [0.15, 0.2) is 21.9 Å². The molecule has 0 unspecified atom stereocenters. The van der Waals surface area contributed by atoms with Crippen molar-refractivity contribution in [2.24, 2.45) is 5.73 Å². The maximum absolute atomic E-state index is 12.2. The Morgan fingerprint density at radius 2 is 2.05 bits per heavy atom. The van der Waals surface area contributed by atoms with Crippen LogP contribution in [0.3, 0.4) is 0 Å². The van der Waals surface area contributed by atoms with Crippen molar-refractivity contribution in [1.29, 1.82) is 0 Å². The standard InChI is InChI=1S/C12H17N3O6/c1-2-4-14-6(16)3-5-15(12(14)20)11-8(18)7(17)9(21-11)10(13)19/h3,5,7-9,11,17-18H,2,4H2,1H3,(H2,13,19)/t7-,8+,9-,11+/m0/s1. The largest absolute Gasteiger partial charge is 0.387 e. The summed E-state index contributed by atoms with van der Waals surface area (Å²) in [7, 11) is 0. The van der Waals surface area contributed by atoms with Gasteiger partial charge in [-0.15, -0.1) is 0 Å². The molecule has 0 aromatic carbocycles. The molecular formula is C12H17N3O6. The van der Waals surface area contributed by atoms with Crippen molar-refractivity contribution in [1.82, 2.24) is 9.13 Å². The highest BCUT2D eigenvalue weighted by molar-refractivity contribution is 5.80. The molecule has 0 radical (unpaired) electrons. The van der Waals surface area contributed by atoms with Crippen LogP contribution in [0.4, 0.5) is 0 Å². The van der Waals surface area contributed by atoms with Gasteiger partial charge in [0, 0.05) is 18.8 Å². The second-order valence-corrected chi connectivity index (χ2v) is 4.83. The van der Waals surface area contributed by atoms with Gasteiger partial charge in [-0.05, 0) is 6.42 Å². The average molecular weight is 299 g/mol. The fourth-order valence-corrected chi connectivity index (χ4v) is 2.28. The number of primary amides is 1. The molecule has 2 heterocycles. The quantitative estimate of drug-likeness (QED) is 0.563. The Morgan fingerprint density at radius 1 is 1.38 bits per heavy atom. The second kappa shape index (κ2) is 5.80. The summed E-state index contributed by atoms with van der Waals surface area (Å²) in [5.74, 6) is -0.945. The van der Waals surface area contributed by atoms with Gasteiger partial charge in [-0.25, -0.2) is 4.79 Å². The predicted molar refractivity (Wildman–Crippen MR) is 70.4 cm³/mol. The van der Waals surface area contributed by atoms with E-state index in [2.05, 4.69) is 0 Å². The molecule has 116 valence electrons. The van der Waals surface area contributed by atoms with Crippen LogP contribution in [0.2, 0.25) is 0 Å². The van der Waals surface area contributed by atoms with Crippen molar-refractivity contribution in [3.05, 3.63) is 33.1 Å². The Bertz CT molecular complexity index is 651. The minimum atomic E-state index is -1.54. The zero-order chi connectivity index (χ0) is 15.7. The van der Waals surface area contributed by atoms with Gasteiger partial charge < -0.3 is 20.7 Å². The molecule has 0 spiro atoms. The molecule has 1 aromatic heterocycles. The number of aromatic nitrogens is 2. The number of aliphatic hydroxyl groups excluding tert-OH is 2. The first-order valence-corrected chi connectivity index (χ1v) is 6.51. The van der Waals surface area contributed by atoms with E-state index in [0.29, 0.717) is 6.42 Å². The number of amides is 1. The summed E-state index contributed by atoms with van der Waals surface area (Å²) in [5, 5.41) is 19.6. The van der Waals surface area contributed by atoms with E-state index in [1.165, 1.54) is 0 Å². The summed E-state index contributed by atoms with van der Waals surface area (Å²) in [6.07, 6.45) is -4.02. The molecule has 9 nitrogen and oxygen atoms in total. The topological polar surface area (TPSA) is 137 Å². The molecule has 0 saturated carbocycles. The van der Waals surface area contributed by atoms with Crippen molar-refractivity contribution >= 4 is 5.91 Å². The fourth-order valence-electron chi connectivity index (χ4n) is 2.28. The summed E-state index contributed by atoms with van der Waals surface area (Å²) < 4.78 is 7.11. The molecule has 9 heteroatoms. The Balaban J connectivity index is 2.44. The molecule has 4 atom stereocenters. The van der Waals surface area contributed by atoms with Gasteiger partial charge in [-0.1, -0.05) is 6.92 Å². The van der Waals surface area contributed by atoms with E-state index < -0.39 is 41.7 Å². The van der Waals surface area contributed by atoms with Crippen molar-refractivity contribution in [2.45, 2.75) is 44.4 Å². The monoisotopic (exact) mass is 299 g/mol. The Morgan fingerprint density at radius 3 is 2.57 bits per heavy atom. The lowest BCUT2D eigenvalue weighted by Gasteiger charge is -2.18. The highest BCUT2D eigenvalue weighted by atomic mass is 16.6. The Kier molecular flexibility index (Phi) is 4.26. The lowest BCUT2D eigenvalue weighted by atomic mass is 10.1. The minimum absolute atomic E-state index is 0.211. The van der Waals surface area contributed by atoms with Crippen LogP contribution in [-0.4, -0.2) is 43.6 Å². The smallest absolute Gasteiger partial charge is 0.333 e. The van der Waals surface area contributed by atoms with E-state index in [1.807, 2.05) is 0 Å². The van der Waals surface area contributed by atoms with Crippen molar-refractivity contribution < 1.29 is 19.7 Å². The van der Waals surface area contributed by atoms with E-state index in [0.717, 1.165) is 21.4 Å². The van der Waals surface area contributed by atoms with Gasteiger partial charge in [0.2, 0.25) is 5.91 Å². The number of ether oxygens (including phenoxy) is 1. The third kappa shape index (κ3) is 2.62. The fraction of sp³-hybridized carbons (Fsp3) is 0.583. The number of hydrogen-bond acceptors (Lipinski definition) is 6. The van der Waals surface area contributed by atoms with Crippen molar-refractivity contribution in [3.8, 4) is 0 Å². The van der Waals surface area contributed by atoms with Gasteiger partial charge in [-0.2, -0.15) is 0 Å². The number of rotatable bonds is 4. The van der Waals surface area contributed by atoms with Crippen LogP contribution < -0.4 is 17.0 Å². The Hall–Kier alpha value is -1.97. The number of nitrogens with zero attached hydrogens (tertiary/aromatic N) is 2. The van der Waals surface area contributed by atoms with Crippen LogP contribution >= 0.6 is 0 Å². The molecule has 1 aromatic rings. The molecule has 21 heavy (non-hydrogen) atoms. The molecule has 1 aliphatic rings. The summed E-state index contributed by atoms with van der Waals surface area (Å²) in [6, 6.07) is 1.15. The van der Waals surface area contributed by atoms with Crippen molar-refractivity contribution in [2.75, 3.05) is 0 Å². The van der Waals surface area contributed by atoms with Crippen LogP contribution in [-0.2, 0) is 16.1 Å². The zero-order valence-electron chi connectivity index (χ0n) is 11.4.